The van der Waals surface area contributed by atoms with Crippen LogP contribution in [0.15, 0.2) is 10.2 Å². The number of nitrogens with zero attached hydrogens (tertiary/aromatic N) is 2. The van der Waals surface area contributed by atoms with Gasteiger partial charge in [-0.05, 0) is 13.3 Å². The van der Waals surface area contributed by atoms with Crippen molar-refractivity contribution in [2.75, 3.05) is 13.1 Å². The second kappa shape index (κ2) is 6.00. The first-order valence-corrected chi connectivity index (χ1v) is 7.10. The van der Waals surface area contributed by atoms with Crippen molar-refractivity contribution < 1.29 is 14.4 Å². The summed E-state index contributed by atoms with van der Waals surface area (Å²) in [6, 6.07) is 0. The van der Waals surface area contributed by atoms with E-state index in [1.54, 1.807) is 9.95 Å². The van der Waals surface area contributed by atoms with Gasteiger partial charge in [0.2, 0.25) is 17.7 Å². The lowest BCUT2D eigenvalue weighted by Gasteiger charge is -2.25. The normalized spacial score (nSPS) is 15.3. The van der Waals surface area contributed by atoms with E-state index in [1.807, 2.05) is 6.92 Å². The third-order valence-corrected chi connectivity index (χ3v) is 3.93. The molecule has 0 unspecified atom stereocenters. The molecule has 8 heteroatoms. The Morgan fingerprint density at radius 2 is 1.95 bits per heavy atom. The fraction of sp³-hybridized carbons (Fsp3) is 0.500. The Labute approximate surface area is 119 Å². The summed E-state index contributed by atoms with van der Waals surface area (Å²) in [5.41, 5.74) is 0.875. The summed E-state index contributed by atoms with van der Waals surface area (Å²) in [5, 5.41) is 3.92. The third-order valence-electron chi connectivity index (χ3n) is 3.05. The second-order valence-corrected chi connectivity index (χ2v) is 5.44. The second-order valence-electron chi connectivity index (χ2n) is 4.62. The van der Waals surface area contributed by atoms with E-state index in [2.05, 4.69) is 5.32 Å². The Kier molecular flexibility index (Phi) is 4.33. The van der Waals surface area contributed by atoms with Crippen LogP contribution >= 0.6 is 11.3 Å². The van der Waals surface area contributed by atoms with Crippen molar-refractivity contribution in [3.8, 4) is 0 Å². The molecule has 2 heterocycles. The number of imide groups is 1. The molecule has 1 saturated heterocycles. The summed E-state index contributed by atoms with van der Waals surface area (Å²) < 4.78 is 1.62. The molecule has 0 aromatic carbocycles. The fourth-order valence-corrected chi connectivity index (χ4v) is 2.80. The van der Waals surface area contributed by atoms with Crippen LogP contribution in [0.1, 0.15) is 18.5 Å². The monoisotopic (exact) mass is 297 g/mol. The molecule has 1 aromatic rings. The number of hydrogen-bond donors (Lipinski definition) is 1. The van der Waals surface area contributed by atoms with Crippen LogP contribution < -0.4 is 10.2 Å². The van der Waals surface area contributed by atoms with Gasteiger partial charge in [0.25, 0.3) is 0 Å². The molecule has 108 valence electrons. The first kappa shape index (κ1) is 14.4. The highest BCUT2D eigenvalue weighted by molar-refractivity contribution is 7.07. The molecule has 3 amide bonds. The first-order chi connectivity index (χ1) is 9.47. The molecular weight excluding hydrogens is 282 g/mol. The van der Waals surface area contributed by atoms with Crippen LogP contribution in [0.25, 0.3) is 0 Å². The molecule has 0 aliphatic carbocycles. The van der Waals surface area contributed by atoms with Crippen molar-refractivity contribution >= 4 is 29.1 Å². The average Bonchev–Trinajstić information content (AvgIpc) is 2.69. The standard InChI is InChI=1S/C12H15N3O4S/c1-8-7-20-12(19)15(8)4-2-3-11(18)14-5-9(16)13-10(17)6-14/h7H,2-6H2,1H3,(H,13,16,17). The molecule has 1 aromatic heterocycles. The summed E-state index contributed by atoms with van der Waals surface area (Å²) in [5.74, 6) is -1.16. The summed E-state index contributed by atoms with van der Waals surface area (Å²) >= 11 is 1.13. The number of piperazine rings is 1. The smallest absolute Gasteiger partial charge is 0.307 e. The van der Waals surface area contributed by atoms with Crippen LogP contribution in [0.5, 0.6) is 0 Å². The molecule has 1 aliphatic rings. The van der Waals surface area contributed by atoms with Crippen LogP contribution in [0.2, 0.25) is 0 Å². The summed E-state index contributed by atoms with van der Waals surface area (Å²) in [6.07, 6.45) is 0.713. The highest BCUT2D eigenvalue weighted by Crippen LogP contribution is 2.05. The van der Waals surface area contributed by atoms with Crippen LogP contribution in [0.3, 0.4) is 0 Å². The van der Waals surface area contributed by atoms with Gasteiger partial charge in [0.1, 0.15) is 13.1 Å². The minimum absolute atomic E-state index is 0.0394. The van der Waals surface area contributed by atoms with E-state index in [-0.39, 0.29) is 30.3 Å². The maximum atomic E-state index is 11.9. The van der Waals surface area contributed by atoms with Crippen LogP contribution in [0, 0.1) is 6.92 Å². The number of nitrogens with one attached hydrogen (secondary N) is 1. The molecular formula is C12H15N3O4S. The zero-order valence-corrected chi connectivity index (χ0v) is 11.9. The van der Waals surface area contributed by atoms with Gasteiger partial charge in [-0.25, -0.2) is 0 Å². The predicted octanol–water partition coefficient (Wildman–Crippen LogP) is -0.517. The van der Waals surface area contributed by atoms with E-state index in [0.29, 0.717) is 13.0 Å². The zero-order chi connectivity index (χ0) is 14.7. The lowest BCUT2D eigenvalue weighted by Crippen LogP contribution is -2.53. The molecule has 1 N–H and O–H groups in total. The van der Waals surface area contributed by atoms with Crippen molar-refractivity contribution in [1.82, 2.24) is 14.8 Å². The SMILES string of the molecule is Cc1csc(=O)n1CCCC(=O)N1CC(=O)NC(=O)C1. The number of hydrogen-bond acceptors (Lipinski definition) is 5. The molecule has 7 nitrogen and oxygen atoms in total. The Bertz CT molecular complexity index is 588. The van der Waals surface area contributed by atoms with Gasteiger partial charge in [-0.3, -0.25) is 24.5 Å². The summed E-state index contributed by atoms with van der Waals surface area (Å²) in [4.78, 5) is 46.9. The van der Waals surface area contributed by atoms with Gasteiger partial charge in [-0.1, -0.05) is 11.3 Å². The van der Waals surface area contributed by atoms with Gasteiger partial charge in [0.15, 0.2) is 0 Å². The Morgan fingerprint density at radius 1 is 1.30 bits per heavy atom. The van der Waals surface area contributed by atoms with Crippen LogP contribution in [0.4, 0.5) is 0 Å². The zero-order valence-electron chi connectivity index (χ0n) is 11.0. The number of rotatable bonds is 4. The van der Waals surface area contributed by atoms with E-state index in [4.69, 9.17) is 0 Å². The Hall–Kier alpha value is -1.96. The molecule has 1 aliphatic heterocycles. The molecule has 1 fully saturated rings. The number of amides is 3. The van der Waals surface area contributed by atoms with Gasteiger partial charge in [0, 0.05) is 24.0 Å². The highest BCUT2D eigenvalue weighted by atomic mass is 32.1. The summed E-state index contributed by atoms with van der Waals surface area (Å²) in [7, 11) is 0. The number of carbonyl (C=O) groups excluding carboxylic acids is 3. The molecule has 0 spiro atoms. The topological polar surface area (TPSA) is 88.5 Å². The van der Waals surface area contributed by atoms with Gasteiger partial charge >= 0.3 is 4.87 Å². The van der Waals surface area contributed by atoms with Crippen molar-refractivity contribution in [3.63, 3.8) is 0 Å². The molecule has 20 heavy (non-hydrogen) atoms. The van der Waals surface area contributed by atoms with Gasteiger partial charge in [-0.15, -0.1) is 0 Å². The Morgan fingerprint density at radius 3 is 2.50 bits per heavy atom. The minimum Gasteiger partial charge on any atom is -0.324 e. The maximum Gasteiger partial charge on any atom is 0.307 e. The quantitative estimate of drug-likeness (QED) is 0.758. The lowest BCUT2D eigenvalue weighted by atomic mass is 10.2. The largest absolute Gasteiger partial charge is 0.324 e. The number of carbonyl (C=O) groups is 3. The molecule has 0 radical (unpaired) electrons. The molecule has 0 saturated carbocycles. The van der Waals surface area contributed by atoms with Crippen molar-refractivity contribution in [2.24, 2.45) is 0 Å². The van der Waals surface area contributed by atoms with E-state index in [0.717, 1.165) is 17.0 Å². The van der Waals surface area contributed by atoms with Gasteiger partial charge < -0.3 is 9.47 Å². The Balaban J connectivity index is 1.85. The van der Waals surface area contributed by atoms with E-state index in [1.165, 1.54) is 4.90 Å². The summed E-state index contributed by atoms with van der Waals surface area (Å²) in [6.45, 7) is 2.14. The van der Waals surface area contributed by atoms with Crippen molar-refractivity contribution in [2.45, 2.75) is 26.3 Å². The van der Waals surface area contributed by atoms with E-state index >= 15 is 0 Å². The molecule has 0 bridgehead atoms. The number of thiazole rings is 1. The van der Waals surface area contributed by atoms with Gasteiger partial charge in [0.05, 0.1) is 0 Å². The first-order valence-electron chi connectivity index (χ1n) is 6.23. The molecule has 0 atom stereocenters. The maximum absolute atomic E-state index is 11.9. The number of aryl methyl sites for hydroxylation is 1. The minimum atomic E-state index is -0.459. The van der Waals surface area contributed by atoms with Crippen LogP contribution in [-0.4, -0.2) is 40.3 Å². The van der Waals surface area contributed by atoms with Crippen molar-refractivity contribution in [3.05, 3.63) is 20.7 Å². The number of aromatic nitrogens is 1. The highest BCUT2D eigenvalue weighted by Gasteiger charge is 2.25. The third kappa shape index (κ3) is 3.32. The van der Waals surface area contributed by atoms with E-state index < -0.39 is 11.8 Å². The predicted molar refractivity (Wildman–Crippen MR) is 72.3 cm³/mol. The fourth-order valence-electron chi connectivity index (χ4n) is 2.03. The lowest BCUT2D eigenvalue weighted by molar-refractivity contribution is -0.145. The molecule has 2 rings (SSSR count). The average molecular weight is 297 g/mol. The van der Waals surface area contributed by atoms with Crippen LogP contribution in [-0.2, 0) is 20.9 Å². The van der Waals surface area contributed by atoms with E-state index in [9.17, 15) is 19.2 Å². The van der Waals surface area contributed by atoms with Gasteiger partial charge in [-0.2, -0.15) is 0 Å². The van der Waals surface area contributed by atoms with Crippen molar-refractivity contribution in [1.29, 1.82) is 0 Å².